The van der Waals surface area contributed by atoms with Crippen molar-refractivity contribution in [3.63, 3.8) is 0 Å². The number of esters is 1. The Bertz CT molecular complexity index is 2360. The number of nitrogens with zero attached hydrogens (tertiary/aromatic N) is 6. The zero-order valence-corrected chi connectivity index (χ0v) is 35.7. The van der Waals surface area contributed by atoms with Gasteiger partial charge in [0, 0.05) is 25.2 Å². The third-order valence-electron chi connectivity index (χ3n) is 12.4. The third-order valence-corrected chi connectivity index (χ3v) is 12.4. The summed E-state index contributed by atoms with van der Waals surface area (Å²) < 4.78 is 5.68. The van der Waals surface area contributed by atoms with Gasteiger partial charge in [0.25, 0.3) is 0 Å². The van der Waals surface area contributed by atoms with Gasteiger partial charge < -0.3 is 24.5 Å². The van der Waals surface area contributed by atoms with E-state index in [9.17, 15) is 14.4 Å². The molecule has 8 rings (SSSR count). The van der Waals surface area contributed by atoms with Crippen LogP contribution in [0.2, 0.25) is 0 Å². The summed E-state index contributed by atoms with van der Waals surface area (Å²) in [5.41, 5.74) is 3.32. The van der Waals surface area contributed by atoms with Gasteiger partial charge in [0.1, 0.15) is 23.7 Å². The largest absolute Gasteiger partial charge is 0.461 e. The van der Waals surface area contributed by atoms with E-state index in [4.69, 9.17) is 14.7 Å². The fourth-order valence-electron chi connectivity index (χ4n) is 9.46. The minimum atomic E-state index is -1.06. The maximum Gasteiger partial charge on any atom is 0.358 e. The van der Waals surface area contributed by atoms with Crippen LogP contribution in [0, 0.1) is 0 Å². The van der Waals surface area contributed by atoms with Gasteiger partial charge in [-0.3, -0.25) is 19.4 Å². The van der Waals surface area contributed by atoms with Gasteiger partial charge in [-0.05, 0) is 77.5 Å². The second kappa shape index (κ2) is 17.9. The molecule has 61 heavy (non-hydrogen) atoms. The Hall–Kier alpha value is -6.11. The van der Waals surface area contributed by atoms with Crippen molar-refractivity contribution in [3.8, 4) is 0 Å². The van der Waals surface area contributed by atoms with Crippen molar-refractivity contribution in [2.45, 2.75) is 68.1 Å². The molecule has 316 valence electrons. The van der Waals surface area contributed by atoms with Gasteiger partial charge >= 0.3 is 5.97 Å². The molecule has 4 heterocycles. The highest BCUT2D eigenvalue weighted by molar-refractivity contribution is 5.90. The highest BCUT2D eigenvalue weighted by Crippen LogP contribution is 2.44. The molecular formula is C49H56N8O4. The SMILES string of the molecule is CCOC(=O)c1nc([C@@H]2CCCN2C(=O)[C@@H](c2ccccc2)N(C)C)[nH]c1C1(c2cnc([C@@H]3CCCN3C(=O)[C@@H](c3ccccc3)N(C)C)[nH]2)C=CC(c2ccccc2)C=C1. The normalized spacial score (nSPS) is 22.2. The van der Waals surface area contributed by atoms with Gasteiger partial charge in [-0.25, -0.2) is 14.8 Å². The number of aromatic amines is 2. The first-order valence-corrected chi connectivity index (χ1v) is 21.4. The van der Waals surface area contributed by atoms with E-state index in [1.54, 1.807) is 6.92 Å². The van der Waals surface area contributed by atoms with E-state index in [0.717, 1.165) is 36.0 Å². The number of carbonyl (C=O) groups excluding carboxylic acids is 3. The van der Waals surface area contributed by atoms with Crippen LogP contribution in [0.4, 0.5) is 0 Å². The Morgan fingerprint density at radius 2 is 1.25 bits per heavy atom. The molecule has 0 bridgehead atoms. The Labute approximate surface area is 358 Å². The molecular weight excluding hydrogens is 765 g/mol. The molecule has 0 radical (unpaired) electrons. The number of likely N-dealkylation sites (N-methyl/N-ethyl adjacent to an activating group) is 2. The standard InChI is InChI=1S/C49H56N8O4/c1-6-61-48(60)40-43(53-45(52-40)38-25-17-31-57(38)47(59)42(55(4)5)36-22-14-9-15-23-36)49(28-26-34(27-29-49)33-18-10-7-11-19-33)39-32-50-44(51-39)37-24-16-30-56(37)46(58)41(54(2)3)35-20-12-8-13-21-35/h7-15,18-23,26-29,32,34,37-38,41-42H,6,16-17,24-25,30-31H2,1-5H3,(H,50,51)(H,52,53)/t34?,37-,38-,41+,42+,49?/m0/s1. The van der Waals surface area contributed by atoms with Gasteiger partial charge in [-0.15, -0.1) is 0 Å². The maximum atomic E-state index is 14.5. The number of hydrogen-bond acceptors (Lipinski definition) is 8. The average molecular weight is 821 g/mol. The van der Waals surface area contributed by atoms with Crippen LogP contribution < -0.4 is 0 Å². The Morgan fingerprint density at radius 3 is 1.75 bits per heavy atom. The van der Waals surface area contributed by atoms with E-state index in [1.807, 2.05) is 133 Å². The number of rotatable bonds is 13. The first-order valence-electron chi connectivity index (χ1n) is 21.4. The molecule has 0 spiro atoms. The van der Waals surface area contributed by atoms with Crippen molar-refractivity contribution >= 4 is 17.8 Å². The Balaban J connectivity index is 1.20. The van der Waals surface area contributed by atoms with Gasteiger partial charge in [-0.1, -0.05) is 115 Å². The number of ether oxygens (including phenoxy) is 1. The molecule has 2 fully saturated rings. The van der Waals surface area contributed by atoms with Crippen molar-refractivity contribution in [1.29, 1.82) is 0 Å². The lowest BCUT2D eigenvalue weighted by Gasteiger charge is -2.32. The van der Waals surface area contributed by atoms with Crippen LogP contribution in [-0.2, 0) is 19.7 Å². The van der Waals surface area contributed by atoms with E-state index in [1.165, 1.54) is 0 Å². The number of H-pyrrole nitrogens is 2. The molecule has 12 heteroatoms. The third kappa shape index (κ3) is 8.09. The fourth-order valence-corrected chi connectivity index (χ4v) is 9.46. The maximum absolute atomic E-state index is 14.5. The monoisotopic (exact) mass is 820 g/mol. The predicted molar refractivity (Wildman–Crippen MR) is 234 cm³/mol. The Kier molecular flexibility index (Phi) is 12.2. The summed E-state index contributed by atoms with van der Waals surface area (Å²) in [5, 5.41) is 0. The number of likely N-dealkylation sites (tertiary alicyclic amines) is 2. The molecule has 1 aliphatic carbocycles. The second-order valence-corrected chi connectivity index (χ2v) is 16.7. The van der Waals surface area contributed by atoms with Crippen molar-refractivity contribution in [2.24, 2.45) is 0 Å². The summed E-state index contributed by atoms with van der Waals surface area (Å²) in [5.74, 6) is 0.641. The van der Waals surface area contributed by atoms with Crippen LogP contribution in [0.1, 0.15) is 113 Å². The van der Waals surface area contributed by atoms with E-state index >= 15 is 0 Å². The number of allylic oxidation sites excluding steroid dienone is 4. The van der Waals surface area contributed by atoms with Crippen molar-refractivity contribution in [3.05, 3.63) is 167 Å². The average Bonchev–Trinajstić information content (AvgIpc) is 4.12. The Morgan fingerprint density at radius 1 is 0.738 bits per heavy atom. The number of carbonyl (C=O) groups is 3. The summed E-state index contributed by atoms with van der Waals surface area (Å²) in [6.07, 6.45) is 13.4. The molecule has 5 aromatic rings. The lowest BCUT2D eigenvalue weighted by Crippen LogP contribution is -2.40. The molecule has 0 unspecified atom stereocenters. The van der Waals surface area contributed by atoms with E-state index < -0.39 is 29.5 Å². The lowest BCUT2D eigenvalue weighted by atomic mass is 9.74. The highest BCUT2D eigenvalue weighted by atomic mass is 16.5. The van der Waals surface area contributed by atoms with Crippen LogP contribution in [0.15, 0.2) is 121 Å². The molecule has 2 N–H and O–H groups in total. The molecule has 3 aromatic carbocycles. The number of amides is 2. The topological polar surface area (TPSA) is 131 Å². The predicted octanol–water partition coefficient (Wildman–Crippen LogP) is 7.44. The number of benzene rings is 3. The van der Waals surface area contributed by atoms with Crippen LogP contribution >= 0.6 is 0 Å². The minimum Gasteiger partial charge on any atom is -0.461 e. The first-order chi connectivity index (χ1) is 29.6. The van der Waals surface area contributed by atoms with Gasteiger partial charge in [0.15, 0.2) is 5.69 Å². The molecule has 0 saturated carbocycles. The van der Waals surface area contributed by atoms with Gasteiger partial charge in [0.2, 0.25) is 11.8 Å². The van der Waals surface area contributed by atoms with Crippen LogP contribution in [0.5, 0.6) is 0 Å². The smallest absolute Gasteiger partial charge is 0.358 e. The molecule has 12 nitrogen and oxygen atoms in total. The van der Waals surface area contributed by atoms with E-state index in [-0.39, 0.29) is 36.1 Å². The summed E-state index contributed by atoms with van der Waals surface area (Å²) in [6.45, 7) is 3.13. The fraction of sp³-hybridized carbons (Fsp3) is 0.367. The number of aromatic nitrogens is 4. The number of hydrogen-bond donors (Lipinski definition) is 2. The molecule has 2 aliphatic heterocycles. The van der Waals surface area contributed by atoms with E-state index in [2.05, 4.69) is 46.4 Å². The summed E-state index contributed by atoms with van der Waals surface area (Å²) in [4.78, 5) is 68.0. The van der Waals surface area contributed by atoms with Gasteiger partial charge in [-0.2, -0.15) is 0 Å². The van der Waals surface area contributed by atoms with Crippen molar-refractivity contribution < 1.29 is 19.1 Å². The molecule has 2 saturated heterocycles. The number of imidazole rings is 2. The van der Waals surface area contributed by atoms with Crippen molar-refractivity contribution in [1.82, 2.24) is 39.5 Å². The van der Waals surface area contributed by atoms with Gasteiger partial charge in [0.05, 0.1) is 35.5 Å². The second-order valence-electron chi connectivity index (χ2n) is 16.7. The summed E-state index contributed by atoms with van der Waals surface area (Å²) >= 11 is 0. The van der Waals surface area contributed by atoms with Crippen LogP contribution in [0.3, 0.4) is 0 Å². The summed E-state index contributed by atoms with van der Waals surface area (Å²) in [7, 11) is 7.71. The molecule has 2 amide bonds. The zero-order chi connectivity index (χ0) is 42.7. The van der Waals surface area contributed by atoms with E-state index in [0.29, 0.717) is 42.5 Å². The van der Waals surface area contributed by atoms with Crippen LogP contribution in [-0.4, -0.2) is 105 Å². The van der Waals surface area contributed by atoms with Crippen LogP contribution in [0.25, 0.3) is 0 Å². The van der Waals surface area contributed by atoms with Crippen molar-refractivity contribution in [2.75, 3.05) is 47.9 Å². The molecule has 4 atom stereocenters. The minimum absolute atomic E-state index is 0.0158. The first kappa shape index (κ1) is 41.6. The summed E-state index contributed by atoms with van der Waals surface area (Å²) in [6, 6.07) is 28.4. The zero-order valence-electron chi connectivity index (χ0n) is 35.7. The lowest BCUT2D eigenvalue weighted by molar-refractivity contribution is -0.138. The quantitative estimate of drug-likeness (QED) is 0.0927. The molecule has 3 aliphatic rings. The molecule has 2 aromatic heterocycles. The number of nitrogens with one attached hydrogen (secondary N) is 2. The highest BCUT2D eigenvalue weighted by Gasteiger charge is 2.44.